The molecule has 144 valence electrons. The smallest absolute Gasteiger partial charge is 0.255 e. The van der Waals surface area contributed by atoms with Gasteiger partial charge < -0.3 is 10.5 Å². The number of ether oxygens (including phenoxy) is 1. The Labute approximate surface area is 164 Å². The summed E-state index contributed by atoms with van der Waals surface area (Å²) in [6.07, 6.45) is 0. The van der Waals surface area contributed by atoms with Gasteiger partial charge in [0.25, 0.3) is 5.91 Å². The molecule has 6 heteroatoms. The van der Waals surface area contributed by atoms with Gasteiger partial charge in [0.1, 0.15) is 11.6 Å². The van der Waals surface area contributed by atoms with Crippen molar-refractivity contribution in [3.8, 4) is 5.75 Å². The monoisotopic (exact) mass is 376 g/mol. The Hall–Kier alpha value is -3.41. The molecule has 3 aromatic rings. The van der Waals surface area contributed by atoms with Crippen molar-refractivity contribution < 1.29 is 9.53 Å². The number of primary amides is 1. The van der Waals surface area contributed by atoms with Gasteiger partial charge in [-0.05, 0) is 80.8 Å². The zero-order chi connectivity index (χ0) is 20.3. The lowest BCUT2D eigenvalue weighted by Gasteiger charge is -2.10. The van der Waals surface area contributed by atoms with Gasteiger partial charge in [0, 0.05) is 5.39 Å². The predicted octanol–water partition coefficient (Wildman–Crippen LogP) is 3.86. The minimum Gasteiger partial charge on any atom is -0.484 e. The van der Waals surface area contributed by atoms with Crippen LogP contribution in [0.1, 0.15) is 29.2 Å². The number of hydrazone groups is 1. The van der Waals surface area contributed by atoms with Crippen molar-refractivity contribution in [2.75, 3.05) is 12.0 Å². The van der Waals surface area contributed by atoms with Crippen molar-refractivity contribution in [3.05, 3.63) is 64.7 Å². The molecule has 0 spiro atoms. The molecule has 0 bridgehead atoms. The molecule has 0 fully saturated rings. The van der Waals surface area contributed by atoms with E-state index in [9.17, 15) is 4.79 Å². The zero-order valence-electron chi connectivity index (χ0n) is 16.5. The fourth-order valence-corrected chi connectivity index (χ4v) is 3.05. The number of rotatable bonds is 6. The molecule has 3 rings (SSSR count). The third kappa shape index (κ3) is 4.46. The zero-order valence-corrected chi connectivity index (χ0v) is 16.5. The van der Waals surface area contributed by atoms with E-state index < -0.39 is 5.91 Å². The molecule has 0 unspecified atom stereocenters. The Morgan fingerprint density at radius 1 is 1.11 bits per heavy atom. The molecule has 0 atom stereocenters. The second-order valence-electron chi connectivity index (χ2n) is 6.89. The van der Waals surface area contributed by atoms with Crippen LogP contribution in [-0.2, 0) is 4.79 Å². The molecule has 0 saturated heterocycles. The van der Waals surface area contributed by atoms with Gasteiger partial charge in [-0.2, -0.15) is 5.10 Å². The van der Waals surface area contributed by atoms with Gasteiger partial charge in [0.2, 0.25) is 0 Å². The average Bonchev–Trinajstić information content (AvgIpc) is 2.65. The first-order valence-electron chi connectivity index (χ1n) is 9.04. The summed E-state index contributed by atoms with van der Waals surface area (Å²) in [5, 5.41) is 5.62. The lowest BCUT2D eigenvalue weighted by atomic mass is 10.0. The molecule has 28 heavy (non-hydrogen) atoms. The second kappa shape index (κ2) is 8.08. The fraction of sp³-hybridized carbons (Fsp3) is 0.227. The summed E-state index contributed by atoms with van der Waals surface area (Å²) in [7, 11) is 0. The molecule has 0 radical (unpaired) electrons. The van der Waals surface area contributed by atoms with Gasteiger partial charge in [-0.25, -0.2) is 4.98 Å². The van der Waals surface area contributed by atoms with Crippen LogP contribution >= 0.6 is 0 Å². The van der Waals surface area contributed by atoms with Gasteiger partial charge >= 0.3 is 0 Å². The number of nitrogens with two attached hydrogens (primary N) is 1. The molecular formula is C22H24N4O2. The molecule has 3 N–H and O–H groups in total. The number of benzene rings is 2. The van der Waals surface area contributed by atoms with Crippen molar-refractivity contribution in [1.29, 1.82) is 0 Å². The Bertz CT molecular complexity index is 1060. The maximum Gasteiger partial charge on any atom is 0.255 e. The summed E-state index contributed by atoms with van der Waals surface area (Å²) in [4.78, 5) is 15.5. The van der Waals surface area contributed by atoms with E-state index in [1.54, 1.807) is 12.1 Å². The van der Waals surface area contributed by atoms with Crippen LogP contribution in [0.5, 0.6) is 5.75 Å². The van der Waals surface area contributed by atoms with Gasteiger partial charge in [0.15, 0.2) is 6.61 Å². The van der Waals surface area contributed by atoms with Crippen LogP contribution in [0.25, 0.3) is 10.9 Å². The normalized spacial score (nSPS) is 11.5. The first kappa shape index (κ1) is 19.4. The summed E-state index contributed by atoms with van der Waals surface area (Å²) >= 11 is 0. The van der Waals surface area contributed by atoms with Gasteiger partial charge in [-0.3, -0.25) is 10.2 Å². The van der Waals surface area contributed by atoms with Gasteiger partial charge in [-0.1, -0.05) is 11.6 Å². The molecule has 0 aliphatic heterocycles. The summed E-state index contributed by atoms with van der Waals surface area (Å²) in [6.45, 7) is 8.02. The molecule has 0 saturated carbocycles. The summed E-state index contributed by atoms with van der Waals surface area (Å²) in [5.74, 6) is 0.785. The maximum absolute atomic E-state index is 10.8. The van der Waals surface area contributed by atoms with Crippen LogP contribution in [0, 0.1) is 20.8 Å². The van der Waals surface area contributed by atoms with E-state index in [1.165, 1.54) is 5.56 Å². The van der Waals surface area contributed by atoms with Crippen LogP contribution < -0.4 is 15.9 Å². The Balaban J connectivity index is 1.78. The molecule has 0 aliphatic carbocycles. The van der Waals surface area contributed by atoms with Crippen molar-refractivity contribution >= 4 is 28.3 Å². The highest BCUT2D eigenvalue weighted by molar-refractivity contribution is 5.99. The number of aromatic nitrogens is 1. The highest BCUT2D eigenvalue weighted by Crippen LogP contribution is 2.24. The Morgan fingerprint density at radius 2 is 1.82 bits per heavy atom. The number of nitrogens with one attached hydrogen (secondary N) is 1. The number of carbonyl (C=O) groups excluding carboxylic acids is 1. The van der Waals surface area contributed by atoms with E-state index in [0.717, 1.165) is 33.3 Å². The second-order valence-corrected chi connectivity index (χ2v) is 6.89. The van der Waals surface area contributed by atoms with E-state index in [-0.39, 0.29) is 6.61 Å². The van der Waals surface area contributed by atoms with Crippen LogP contribution in [0.3, 0.4) is 0 Å². The Kier molecular flexibility index (Phi) is 5.59. The minimum absolute atomic E-state index is 0.139. The van der Waals surface area contributed by atoms with E-state index in [4.69, 9.17) is 15.5 Å². The number of amides is 1. The number of carbonyl (C=O) groups is 1. The molecule has 6 nitrogen and oxygen atoms in total. The van der Waals surface area contributed by atoms with Crippen LogP contribution in [0.2, 0.25) is 0 Å². The first-order valence-corrected chi connectivity index (χ1v) is 9.04. The van der Waals surface area contributed by atoms with Gasteiger partial charge in [-0.15, -0.1) is 0 Å². The quantitative estimate of drug-likeness (QED) is 0.505. The first-order chi connectivity index (χ1) is 13.3. The van der Waals surface area contributed by atoms with Crippen molar-refractivity contribution in [2.24, 2.45) is 10.8 Å². The summed E-state index contributed by atoms with van der Waals surface area (Å²) < 4.78 is 5.27. The number of aryl methyl sites for hydroxylation is 3. The number of pyridine rings is 1. The molecular weight excluding hydrogens is 352 g/mol. The molecule has 0 aliphatic rings. The average molecular weight is 376 g/mol. The SMILES string of the molecule is C/C(=N/Nc1cc(C)c2cc(C)cc(C)c2n1)c1ccc(OCC(N)=O)cc1. The summed E-state index contributed by atoms with van der Waals surface area (Å²) in [6, 6.07) is 13.6. The predicted molar refractivity (Wildman–Crippen MR) is 113 cm³/mol. The third-order valence-corrected chi connectivity index (χ3v) is 4.45. The lowest BCUT2D eigenvalue weighted by molar-refractivity contribution is -0.119. The number of anilines is 1. The van der Waals surface area contributed by atoms with Crippen LogP contribution in [0.15, 0.2) is 47.6 Å². The van der Waals surface area contributed by atoms with Gasteiger partial charge in [0.05, 0.1) is 11.2 Å². The van der Waals surface area contributed by atoms with Crippen LogP contribution in [0.4, 0.5) is 5.82 Å². The number of hydrogen-bond acceptors (Lipinski definition) is 5. The third-order valence-electron chi connectivity index (χ3n) is 4.45. The molecule has 1 aromatic heterocycles. The molecule has 1 heterocycles. The maximum atomic E-state index is 10.8. The van der Waals surface area contributed by atoms with E-state index in [0.29, 0.717) is 11.6 Å². The fourth-order valence-electron chi connectivity index (χ4n) is 3.05. The van der Waals surface area contributed by atoms with E-state index in [1.807, 2.05) is 25.1 Å². The molecule has 1 amide bonds. The lowest BCUT2D eigenvalue weighted by Crippen LogP contribution is -2.20. The minimum atomic E-state index is -0.505. The van der Waals surface area contributed by atoms with Crippen LogP contribution in [-0.4, -0.2) is 23.2 Å². The highest BCUT2D eigenvalue weighted by Gasteiger charge is 2.07. The molecule has 2 aromatic carbocycles. The standard InChI is InChI=1S/C22H24N4O2/c1-13-9-15(3)22-19(10-13)14(2)11-21(24-22)26-25-16(4)17-5-7-18(8-6-17)28-12-20(23)27/h5-11H,12H2,1-4H3,(H2,23,27)(H,24,26)/b25-16-. The number of fused-ring (bicyclic) bond motifs is 1. The topological polar surface area (TPSA) is 89.6 Å². The van der Waals surface area contributed by atoms with Crippen molar-refractivity contribution in [1.82, 2.24) is 4.98 Å². The van der Waals surface area contributed by atoms with E-state index in [2.05, 4.69) is 43.4 Å². The highest BCUT2D eigenvalue weighted by atomic mass is 16.5. The van der Waals surface area contributed by atoms with Crippen molar-refractivity contribution in [3.63, 3.8) is 0 Å². The van der Waals surface area contributed by atoms with E-state index >= 15 is 0 Å². The largest absolute Gasteiger partial charge is 0.484 e. The van der Waals surface area contributed by atoms with Crippen molar-refractivity contribution in [2.45, 2.75) is 27.7 Å². The number of nitrogens with zero attached hydrogens (tertiary/aromatic N) is 2. The summed E-state index contributed by atoms with van der Waals surface area (Å²) in [5.41, 5.74) is 14.4. The Morgan fingerprint density at radius 3 is 2.50 bits per heavy atom. The number of hydrogen-bond donors (Lipinski definition) is 2.